The number of esters is 3. The number of hydrogen-bond acceptors (Lipinski definition) is 11. The molecular formula is C71H112O12. The van der Waals surface area contributed by atoms with Crippen LogP contribution in [0.15, 0.2) is 134 Å². The van der Waals surface area contributed by atoms with Crippen LogP contribution in [0.4, 0.5) is 0 Å². The molecule has 1 fully saturated rings. The molecule has 0 radical (unpaired) electrons. The third-order valence-corrected chi connectivity index (χ3v) is 13.7. The molecule has 1 aliphatic rings. The molecule has 0 bridgehead atoms. The molecule has 1 aliphatic heterocycles. The van der Waals surface area contributed by atoms with Gasteiger partial charge in [-0.05, 0) is 122 Å². The van der Waals surface area contributed by atoms with E-state index < -0.39 is 67.3 Å². The summed E-state index contributed by atoms with van der Waals surface area (Å²) in [6, 6.07) is 0. The van der Waals surface area contributed by atoms with Gasteiger partial charge in [-0.2, -0.15) is 0 Å². The number of rotatable bonds is 53. The van der Waals surface area contributed by atoms with Crippen LogP contribution in [0, 0.1) is 0 Å². The predicted octanol–water partition coefficient (Wildman–Crippen LogP) is 17.3. The Balaban J connectivity index is 2.74. The van der Waals surface area contributed by atoms with Crippen LogP contribution in [-0.4, -0.2) is 89.2 Å². The van der Waals surface area contributed by atoms with Crippen molar-refractivity contribution in [3.8, 4) is 0 Å². The van der Waals surface area contributed by atoms with E-state index in [1.165, 1.54) is 38.5 Å². The third kappa shape index (κ3) is 46.9. The third-order valence-electron chi connectivity index (χ3n) is 13.7. The minimum Gasteiger partial charge on any atom is -0.479 e. The van der Waals surface area contributed by atoms with Crippen molar-refractivity contribution in [2.24, 2.45) is 0 Å². The highest BCUT2D eigenvalue weighted by molar-refractivity contribution is 5.74. The van der Waals surface area contributed by atoms with Gasteiger partial charge in [0, 0.05) is 19.3 Å². The lowest BCUT2D eigenvalue weighted by Crippen LogP contribution is -2.61. The SMILES string of the molecule is CC/C=C\C/C=C\C/C=C\C/C=C\C/C=C\C/C=C\CCC(=O)OCC(COC1OC(C(=O)O)C(O)C(O)C1OC(=O)CCCCCCC/C=C\CCCCCCCC)OC(=O)CCCCCCCC/C=C\C/C=C\C/C=C\C/C=C\CC. The molecule has 1 heterocycles. The maximum atomic E-state index is 13.2. The van der Waals surface area contributed by atoms with E-state index in [4.69, 9.17) is 23.7 Å². The van der Waals surface area contributed by atoms with Gasteiger partial charge in [0.05, 0.1) is 6.61 Å². The van der Waals surface area contributed by atoms with E-state index in [1.807, 2.05) is 12.2 Å². The van der Waals surface area contributed by atoms with E-state index in [9.17, 15) is 34.5 Å². The Morgan fingerprint density at radius 1 is 0.410 bits per heavy atom. The fraction of sp³-hybridized carbons (Fsp3) is 0.634. The average molecular weight is 1160 g/mol. The van der Waals surface area contributed by atoms with Crippen molar-refractivity contribution in [2.45, 2.75) is 276 Å². The van der Waals surface area contributed by atoms with Gasteiger partial charge in [-0.25, -0.2) is 4.79 Å². The van der Waals surface area contributed by atoms with Gasteiger partial charge in [0.15, 0.2) is 24.6 Å². The molecule has 0 saturated carbocycles. The number of hydrogen-bond donors (Lipinski definition) is 3. The topological polar surface area (TPSA) is 175 Å². The van der Waals surface area contributed by atoms with Gasteiger partial charge >= 0.3 is 23.9 Å². The Kier molecular flexibility index (Phi) is 52.4. The van der Waals surface area contributed by atoms with Crippen molar-refractivity contribution < 1.29 is 58.2 Å². The van der Waals surface area contributed by atoms with Crippen molar-refractivity contribution in [1.29, 1.82) is 0 Å². The molecule has 1 rings (SSSR count). The minimum absolute atomic E-state index is 0.0351. The van der Waals surface area contributed by atoms with Gasteiger partial charge in [-0.15, -0.1) is 0 Å². The molecule has 83 heavy (non-hydrogen) atoms. The lowest BCUT2D eigenvalue weighted by Gasteiger charge is -2.40. The summed E-state index contributed by atoms with van der Waals surface area (Å²) in [5, 5.41) is 31.6. The van der Waals surface area contributed by atoms with E-state index in [-0.39, 0.29) is 25.9 Å². The van der Waals surface area contributed by atoms with Crippen LogP contribution in [0.25, 0.3) is 0 Å². The zero-order valence-electron chi connectivity index (χ0n) is 51.6. The van der Waals surface area contributed by atoms with Crippen molar-refractivity contribution in [1.82, 2.24) is 0 Å². The molecule has 0 aromatic heterocycles. The van der Waals surface area contributed by atoms with Gasteiger partial charge in [0.25, 0.3) is 0 Å². The number of aliphatic carboxylic acids is 1. The van der Waals surface area contributed by atoms with E-state index in [0.717, 1.165) is 141 Å². The lowest BCUT2D eigenvalue weighted by molar-refractivity contribution is -0.301. The summed E-state index contributed by atoms with van der Waals surface area (Å²) in [6.07, 6.45) is 68.5. The number of allylic oxidation sites excluding steroid dienone is 22. The quantitative estimate of drug-likeness (QED) is 0.0228. The van der Waals surface area contributed by atoms with E-state index in [0.29, 0.717) is 19.3 Å². The molecule has 1 saturated heterocycles. The number of unbranched alkanes of at least 4 members (excludes halogenated alkanes) is 17. The van der Waals surface area contributed by atoms with Crippen molar-refractivity contribution >= 4 is 23.9 Å². The first-order chi connectivity index (χ1) is 40.6. The van der Waals surface area contributed by atoms with Crippen LogP contribution in [-0.2, 0) is 42.9 Å². The van der Waals surface area contributed by atoms with Crippen molar-refractivity contribution in [3.63, 3.8) is 0 Å². The zero-order valence-corrected chi connectivity index (χ0v) is 51.6. The number of carbonyl (C=O) groups excluding carboxylic acids is 3. The van der Waals surface area contributed by atoms with Crippen LogP contribution in [0.1, 0.15) is 239 Å². The molecule has 6 unspecified atom stereocenters. The Hall–Kier alpha value is -5.14. The molecular weight excluding hydrogens is 1040 g/mol. The van der Waals surface area contributed by atoms with Crippen molar-refractivity contribution in [2.75, 3.05) is 13.2 Å². The summed E-state index contributed by atoms with van der Waals surface area (Å²) in [5.74, 6) is -3.27. The van der Waals surface area contributed by atoms with Crippen molar-refractivity contribution in [3.05, 3.63) is 134 Å². The minimum atomic E-state index is -1.92. The zero-order chi connectivity index (χ0) is 60.3. The van der Waals surface area contributed by atoms with E-state index in [2.05, 4.69) is 142 Å². The highest BCUT2D eigenvalue weighted by Crippen LogP contribution is 2.26. The second-order valence-electron chi connectivity index (χ2n) is 21.3. The van der Waals surface area contributed by atoms with Gasteiger partial charge < -0.3 is 39.0 Å². The van der Waals surface area contributed by atoms with Gasteiger partial charge in [0.2, 0.25) is 0 Å². The van der Waals surface area contributed by atoms with Gasteiger partial charge in [-0.3, -0.25) is 14.4 Å². The molecule has 468 valence electrons. The molecule has 0 aromatic carbocycles. The van der Waals surface area contributed by atoms with E-state index in [1.54, 1.807) is 0 Å². The second kappa shape index (κ2) is 57.3. The Morgan fingerprint density at radius 3 is 1.22 bits per heavy atom. The number of aliphatic hydroxyl groups is 2. The summed E-state index contributed by atoms with van der Waals surface area (Å²) >= 11 is 0. The maximum Gasteiger partial charge on any atom is 0.335 e. The molecule has 3 N–H and O–H groups in total. The Labute approximate surface area is 502 Å². The molecule has 12 heteroatoms. The van der Waals surface area contributed by atoms with Crippen LogP contribution in [0.5, 0.6) is 0 Å². The fourth-order valence-electron chi connectivity index (χ4n) is 8.85. The predicted molar refractivity (Wildman–Crippen MR) is 340 cm³/mol. The first kappa shape index (κ1) is 75.9. The molecule has 0 aliphatic carbocycles. The Bertz CT molecular complexity index is 1950. The summed E-state index contributed by atoms with van der Waals surface area (Å²) in [6.45, 7) is 5.69. The maximum absolute atomic E-state index is 13.2. The molecule has 12 nitrogen and oxygen atoms in total. The highest BCUT2D eigenvalue weighted by Gasteiger charge is 2.50. The molecule has 0 amide bonds. The molecule has 0 spiro atoms. The molecule has 6 atom stereocenters. The number of carboxylic acids is 1. The van der Waals surface area contributed by atoms with Gasteiger partial charge in [0.1, 0.15) is 18.8 Å². The highest BCUT2D eigenvalue weighted by atomic mass is 16.7. The summed E-state index contributed by atoms with van der Waals surface area (Å²) in [7, 11) is 0. The van der Waals surface area contributed by atoms with Crippen LogP contribution in [0.3, 0.4) is 0 Å². The summed E-state index contributed by atoms with van der Waals surface area (Å²) in [5.41, 5.74) is 0. The van der Waals surface area contributed by atoms with Gasteiger partial charge in [-0.1, -0.05) is 231 Å². The first-order valence-electron chi connectivity index (χ1n) is 32.2. The van der Waals surface area contributed by atoms with Crippen LogP contribution in [0.2, 0.25) is 0 Å². The number of carboxylic acid groups (broad SMARTS) is 1. The lowest BCUT2D eigenvalue weighted by atomic mass is 9.98. The number of ether oxygens (including phenoxy) is 5. The second-order valence-corrected chi connectivity index (χ2v) is 21.3. The van der Waals surface area contributed by atoms with Crippen LogP contribution < -0.4 is 0 Å². The van der Waals surface area contributed by atoms with E-state index >= 15 is 0 Å². The normalized spacial score (nSPS) is 18.5. The first-order valence-corrected chi connectivity index (χ1v) is 32.2. The number of aliphatic hydroxyl groups excluding tert-OH is 2. The molecule has 0 aromatic rings. The average Bonchev–Trinajstić information content (AvgIpc) is 3.58. The monoisotopic (exact) mass is 1160 g/mol. The standard InChI is InChI=1S/C71H112O12/c1-4-7-10-13-16-19-22-25-28-30-32-34-37-39-42-45-48-51-54-57-63(72)79-60-62(81-64(73)58-55-52-49-46-43-41-38-35-33-31-29-26-23-20-17-14-11-8-5-2)61-80-71-69(67(76)66(75)68(83-71)70(77)78)82-65(74)59-56-53-50-47-44-40-36-27-24-21-18-15-12-9-6-3/h7-8,10-11,16-17,19-20,25-29,32-36,39,42,48,51,62,66-69,71,75-76H,4-6,9,12-15,18,21-24,30-31,37-38,40-41,43-47,49-50,52-61H2,1-3H3,(H,77,78)/b10-7-,11-8-,19-16-,20-17-,28-25-,29-26-,34-32-,35-33-,36-27-,42-39-,51-48-. The summed E-state index contributed by atoms with van der Waals surface area (Å²) in [4.78, 5) is 51.3. The summed E-state index contributed by atoms with van der Waals surface area (Å²) < 4.78 is 28.4. The Morgan fingerprint density at radius 2 is 0.783 bits per heavy atom. The smallest absolute Gasteiger partial charge is 0.335 e. The fourth-order valence-corrected chi connectivity index (χ4v) is 8.85. The largest absolute Gasteiger partial charge is 0.479 e. The number of carbonyl (C=O) groups is 4. The van der Waals surface area contributed by atoms with Crippen LogP contribution >= 0.6 is 0 Å².